The molecule has 0 aliphatic carbocycles. The van der Waals surface area contributed by atoms with Gasteiger partial charge in [-0.15, -0.1) is 5.10 Å². The highest BCUT2D eigenvalue weighted by molar-refractivity contribution is 8.76. The fraction of sp³-hybridized carbons (Fsp3) is 0.130. The molecule has 3 aromatic carbocycles. The molecule has 0 aliphatic heterocycles. The van der Waals surface area contributed by atoms with Crippen molar-refractivity contribution in [1.82, 2.24) is 15.0 Å². The predicted molar refractivity (Wildman–Crippen MR) is 120 cm³/mol. The molecule has 0 aliphatic rings. The van der Waals surface area contributed by atoms with Crippen molar-refractivity contribution in [2.75, 3.05) is 7.11 Å². The third kappa shape index (κ3) is 4.83. The number of ether oxygens (including phenoxy) is 1. The molecule has 0 radical (unpaired) electrons. The Balaban J connectivity index is 1.65. The Labute approximate surface area is 178 Å². The van der Waals surface area contributed by atoms with Crippen LogP contribution in [-0.2, 0) is 6.54 Å². The van der Waals surface area contributed by atoms with E-state index in [1.54, 1.807) is 28.7 Å². The Morgan fingerprint density at radius 2 is 1.59 bits per heavy atom. The van der Waals surface area contributed by atoms with Gasteiger partial charge in [-0.3, -0.25) is 0 Å². The summed E-state index contributed by atoms with van der Waals surface area (Å²) in [6.45, 7) is 2.78. The average molecular weight is 420 g/mol. The number of benzene rings is 3. The van der Waals surface area contributed by atoms with E-state index >= 15 is 0 Å². The number of rotatable bonds is 7. The first-order valence-corrected chi connectivity index (χ1v) is 11.4. The molecule has 0 saturated carbocycles. The lowest BCUT2D eigenvalue weighted by Crippen LogP contribution is -2.03. The number of methoxy groups -OCH3 is 1. The Bertz CT molecular complexity index is 1060. The maximum atomic E-state index is 5.28. The first-order valence-electron chi connectivity index (χ1n) is 9.26. The van der Waals surface area contributed by atoms with Gasteiger partial charge in [-0.2, -0.15) is 0 Å². The van der Waals surface area contributed by atoms with E-state index in [4.69, 9.17) is 4.74 Å². The summed E-state index contributed by atoms with van der Waals surface area (Å²) in [6.07, 6.45) is 0. The van der Waals surface area contributed by atoms with E-state index in [9.17, 15) is 0 Å². The Hall–Kier alpha value is -2.70. The molecular formula is C23H21N3OS2. The van der Waals surface area contributed by atoms with Gasteiger partial charge in [0.2, 0.25) is 0 Å². The van der Waals surface area contributed by atoms with Gasteiger partial charge in [0.05, 0.1) is 13.7 Å². The van der Waals surface area contributed by atoms with Crippen molar-refractivity contribution < 1.29 is 4.74 Å². The molecule has 0 amide bonds. The van der Waals surface area contributed by atoms with Crippen LogP contribution < -0.4 is 4.74 Å². The van der Waals surface area contributed by atoms with Crippen LogP contribution in [0.15, 0.2) is 88.8 Å². The van der Waals surface area contributed by atoms with Crippen LogP contribution in [0.5, 0.6) is 5.75 Å². The number of hydrogen-bond acceptors (Lipinski definition) is 5. The lowest BCUT2D eigenvalue weighted by atomic mass is 10.1. The van der Waals surface area contributed by atoms with E-state index in [1.807, 2.05) is 47.1 Å². The summed E-state index contributed by atoms with van der Waals surface area (Å²) in [5, 5.41) is 9.99. The first-order chi connectivity index (χ1) is 14.2. The third-order valence-electron chi connectivity index (χ3n) is 4.47. The molecule has 0 fully saturated rings. The molecule has 1 aromatic heterocycles. The van der Waals surface area contributed by atoms with Crippen molar-refractivity contribution in [3.8, 4) is 17.0 Å². The van der Waals surface area contributed by atoms with E-state index in [-0.39, 0.29) is 0 Å². The minimum absolute atomic E-state index is 0.681. The van der Waals surface area contributed by atoms with E-state index in [0.29, 0.717) is 6.54 Å². The molecule has 4 rings (SSSR count). The van der Waals surface area contributed by atoms with Crippen molar-refractivity contribution >= 4 is 21.6 Å². The third-order valence-corrected chi connectivity index (χ3v) is 6.88. The van der Waals surface area contributed by atoms with Crippen LogP contribution in [0.4, 0.5) is 0 Å². The lowest BCUT2D eigenvalue weighted by molar-refractivity contribution is 0.415. The molecule has 29 heavy (non-hydrogen) atoms. The second-order valence-electron chi connectivity index (χ2n) is 6.59. The molecule has 0 unspecified atom stereocenters. The van der Waals surface area contributed by atoms with Crippen molar-refractivity contribution in [2.45, 2.75) is 23.4 Å². The Kier molecular flexibility index (Phi) is 6.22. The maximum Gasteiger partial charge on any atom is 0.134 e. The highest BCUT2D eigenvalue weighted by Gasteiger charge is 2.17. The van der Waals surface area contributed by atoms with E-state index < -0.39 is 0 Å². The van der Waals surface area contributed by atoms with Crippen LogP contribution in [0.2, 0.25) is 0 Å². The summed E-state index contributed by atoms with van der Waals surface area (Å²) in [5.74, 6) is 0.827. The zero-order valence-corrected chi connectivity index (χ0v) is 17.9. The number of aromatic nitrogens is 3. The summed E-state index contributed by atoms with van der Waals surface area (Å²) >= 11 is 0. The molecule has 0 bridgehead atoms. The second-order valence-corrected chi connectivity index (χ2v) is 8.79. The average Bonchev–Trinajstić information content (AvgIpc) is 3.16. The summed E-state index contributed by atoms with van der Waals surface area (Å²) in [5.41, 5.74) is 4.36. The maximum absolute atomic E-state index is 5.28. The molecule has 146 valence electrons. The summed E-state index contributed by atoms with van der Waals surface area (Å²) in [7, 11) is 5.08. The van der Waals surface area contributed by atoms with Gasteiger partial charge in [-0.05, 0) is 59.7 Å². The lowest BCUT2D eigenvalue weighted by Gasteiger charge is -2.08. The van der Waals surface area contributed by atoms with E-state index in [1.165, 1.54) is 16.0 Å². The number of hydrogen-bond donors (Lipinski definition) is 0. The highest BCUT2D eigenvalue weighted by atomic mass is 33.1. The van der Waals surface area contributed by atoms with E-state index in [0.717, 1.165) is 22.0 Å². The van der Waals surface area contributed by atoms with Crippen LogP contribution in [-0.4, -0.2) is 22.1 Å². The number of aryl methyl sites for hydroxylation is 1. The van der Waals surface area contributed by atoms with Crippen LogP contribution in [0.25, 0.3) is 11.3 Å². The van der Waals surface area contributed by atoms with Crippen LogP contribution in [0.1, 0.15) is 11.1 Å². The Morgan fingerprint density at radius 3 is 2.28 bits per heavy atom. The molecule has 4 aromatic rings. The molecule has 6 heteroatoms. The summed E-state index contributed by atoms with van der Waals surface area (Å²) in [6, 6.07) is 26.8. The van der Waals surface area contributed by atoms with Gasteiger partial charge >= 0.3 is 0 Å². The van der Waals surface area contributed by atoms with Crippen molar-refractivity contribution in [3.63, 3.8) is 0 Å². The van der Waals surface area contributed by atoms with Crippen molar-refractivity contribution in [2.24, 2.45) is 0 Å². The molecule has 0 atom stereocenters. The van der Waals surface area contributed by atoms with Gasteiger partial charge in [0.15, 0.2) is 0 Å². The highest BCUT2D eigenvalue weighted by Crippen LogP contribution is 2.41. The van der Waals surface area contributed by atoms with Gasteiger partial charge in [-0.25, -0.2) is 4.68 Å². The van der Waals surface area contributed by atoms with Crippen molar-refractivity contribution in [1.29, 1.82) is 0 Å². The predicted octanol–water partition coefficient (Wildman–Crippen LogP) is 6.11. The quantitative estimate of drug-likeness (QED) is 0.338. The van der Waals surface area contributed by atoms with Gasteiger partial charge in [0.1, 0.15) is 16.5 Å². The topological polar surface area (TPSA) is 39.9 Å². The Morgan fingerprint density at radius 1 is 0.862 bits per heavy atom. The van der Waals surface area contributed by atoms with E-state index in [2.05, 4.69) is 53.6 Å². The zero-order valence-electron chi connectivity index (χ0n) is 16.3. The van der Waals surface area contributed by atoms with Crippen LogP contribution in [0.3, 0.4) is 0 Å². The van der Waals surface area contributed by atoms with Gasteiger partial charge in [-0.1, -0.05) is 64.0 Å². The van der Waals surface area contributed by atoms with Gasteiger partial charge in [0, 0.05) is 10.5 Å². The molecule has 1 heterocycles. The fourth-order valence-electron chi connectivity index (χ4n) is 2.86. The zero-order chi connectivity index (χ0) is 20.1. The summed E-state index contributed by atoms with van der Waals surface area (Å²) in [4.78, 5) is 1.20. The standard InChI is InChI=1S/C23H21N3OS2/c1-17-8-14-21(15-9-17)28-29-23-22(19-10-12-20(27-2)13-11-19)24-25-26(23)16-18-6-4-3-5-7-18/h3-15H,16H2,1-2H3. The minimum atomic E-state index is 0.681. The normalized spacial score (nSPS) is 10.8. The SMILES string of the molecule is COc1ccc(-c2nnn(Cc3ccccc3)c2SSc2ccc(C)cc2)cc1. The van der Waals surface area contributed by atoms with Gasteiger partial charge < -0.3 is 4.74 Å². The summed E-state index contributed by atoms with van der Waals surface area (Å²) < 4.78 is 7.26. The van der Waals surface area contributed by atoms with Crippen molar-refractivity contribution in [3.05, 3.63) is 90.0 Å². The number of nitrogens with zero attached hydrogens (tertiary/aromatic N) is 3. The van der Waals surface area contributed by atoms with Gasteiger partial charge in [0.25, 0.3) is 0 Å². The monoisotopic (exact) mass is 419 g/mol. The fourth-order valence-corrected chi connectivity index (χ4v) is 5.06. The molecule has 0 saturated heterocycles. The molecule has 0 spiro atoms. The molecule has 0 N–H and O–H groups in total. The smallest absolute Gasteiger partial charge is 0.134 e. The second kappa shape index (κ2) is 9.20. The van der Waals surface area contributed by atoms with Crippen LogP contribution in [0, 0.1) is 6.92 Å². The molecule has 4 nitrogen and oxygen atoms in total. The largest absolute Gasteiger partial charge is 0.497 e. The minimum Gasteiger partial charge on any atom is -0.497 e. The molecular weight excluding hydrogens is 398 g/mol. The van der Waals surface area contributed by atoms with Crippen LogP contribution >= 0.6 is 21.6 Å². The first kappa shape index (κ1) is 19.6.